The third kappa shape index (κ3) is 3.69. The third-order valence-corrected chi connectivity index (χ3v) is 4.55. The maximum Gasteiger partial charge on any atom is 0.182 e. The summed E-state index contributed by atoms with van der Waals surface area (Å²) < 4.78 is 0. The van der Waals surface area contributed by atoms with Crippen molar-refractivity contribution in [2.24, 2.45) is 0 Å². The van der Waals surface area contributed by atoms with E-state index in [1.54, 1.807) is 18.9 Å². The van der Waals surface area contributed by atoms with Crippen LogP contribution in [0.5, 0.6) is 0 Å². The lowest BCUT2D eigenvalue weighted by Crippen LogP contribution is -2.44. The Balaban J connectivity index is 1.24. The van der Waals surface area contributed by atoms with E-state index in [2.05, 4.69) is 40.5 Å². The van der Waals surface area contributed by atoms with Crippen LogP contribution < -0.4 is 15.5 Å². The van der Waals surface area contributed by atoms with Crippen molar-refractivity contribution in [2.45, 2.75) is 18.9 Å². The van der Waals surface area contributed by atoms with Crippen LogP contribution in [0.4, 0.5) is 11.5 Å². The summed E-state index contributed by atoms with van der Waals surface area (Å²) in [6.07, 6.45) is 9.10. The number of imidazole rings is 1. The molecule has 0 atom stereocenters. The van der Waals surface area contributed by atoms with Crippen LogP contribution in [0.25, 0.3) is 11.2 Å². The van der Waals surface area contributed by atoms with Crippen molar-refractivity contribution in [3.63, 3.8) is 0 Å². The Morgan fingerprint density at radius 3 is 2.92 bits per heavy atom. The highest BCUT2D eigenvalue weighted by atomic mass is 15.2. The number of nitrogens with one attached hydrogen (secondary N) is 3. The number of hydrogen-bond acceptors (Lipinski definition) is 7. The number of H-pyrrole nitrogens is 1. The van der Waals surface area contributed by atoms with Crippen molar-refractivity contribution in [3.8, 4) is 0 Å². The highest BCUT2D eigenvalue weighted by Crippen LogP contribution is 2.23. The van der Waals surface area contributed by atoms with Crippen molar-refractivity contribution in [3.05, 3.63) is 37.2 Å². The van der Waals surface area contributed by atoms with Gasteiger partial charge in [0.05, 0.1) is 12.0 Å². The fourth-order valence-electron chi connectivity index (χ4n) is 3.24. The number of aromatic nitrogens is 5. The molecule has 1 aliphatic rings. The van der Waals surface area contributed by atoms with E-state index in [1.807, 2.05) is 18.3 Å². The molecule has 0 aromatic carbocycles. The second-order valence-electron chi connectivity index (χ2n) is 6.18. The van der Waals surface area contributed by atoms with Crippen molar-refractivity contribution in [1.82, 2.24) is 30.2 Å². The lowest BCUT2D eigenvalue weighted by Gasteiger charge is -2.33. The van der Waals surface area contributed by atoms with Gasteiger partial charge in [-0.3, -0.25) is 4.98 Å². The van der Waals surface area contributed by atoms with E-state index in [4.69, 9.17) is 0 Å². The van der Waals surface area contributed by atoms with Gasteiger partial charge in [-0.1, -0.05) is 0 Å². The third-order valence-electron chi connectivity index (χ3n) is 4.55. The molecule has 0 spiro atoms. The number of aromatic amines is 1. The molecule has 8 nitrogen and oxygen atoms in total. The Bertz CT molecular complexity index is 795. The minimum atomic E-state index is 0.547. The molecule has 0 radical (unpaired) electrons. The second-order valence-corrected chi connectivity index (χ2v) is 6.18. The molecule has 25 heavy (non-hydrogen) atoms. The molecule has 3 aromatic heterocycles. The fourth-order valence-corrected chi connectivity index (χ4v) is 3.24. The van der Waals surface area contributed by atoms with E-state index in [0.717, 1.165) is 61.7 Å². The highest BCUT2D eigenvalue weighted by molar-refractivity contribution is 5.82. The molecule has 0 amide bonds. The van der Waals surface area contributed by atoms with Gasteiger partial charge >= 0.3 is 0 Å². The molecule has 3 N–H and O–H groups in total. The van der Waals surface area contributed by atoms with E-state index >= 15 is 0 Å². The molecule has 3 aromatic rings. The van der Waals surface area contributed by atoms with Crippen LogP contribution >= 0.6 is 0 Å². The first-order chi connectivity index (χ1) is 12.4. The van der Waals surface area contributed by atoms with E-state index < -0.39 is 0 Å². The first kappa shape index (κ1) is 15.8. The summed E-state index contributed by atoms with van der Waals surface area (Å²) in [5.74, 6) is 0.958. The van der Waals surface area contributed by atoms with Gasteiger partial charge in [-0.15, -0.1) is 0 Å². The SMILES string of the molecule is c1cncc(NCCNC2CCN(c3ncnc4nc[nH]c34)CC2)c1. The maximum atomic E-state index is 4.44. The minimum absolute atomic E-state index is 0.547. The molecule has 4 rings (SSSR count). The van der Waals surface area contributed by atoms with E-state index in [-0.39, 0.29) is 0 Å². The lowest BCUT2D eigenvalue weighted by molar-refractivity contribution is 0.420. The number of pyridine rings is 1. The van der Waals surface area contributed by atoms with Crippen LogP contribution in [-0.2, 0) is 0 Å². The molecule has 0 bridgehead atoms. The topological polar surface area (TPSA) is 94.7 Å². The Morgan fingerprint density at radius 1 is 1.16 bits per heavy atom. The van der Waals surface area contributed by atoms with Crippen LogP contribution in [0, 0.1) is 0 Å². The Kier molecular flexibility index (Phi) is 4.69. The molecule has 1 saturated heterocycles. The first-order valence-electron chi connectivity index (χ1n) is 8.66. The Morgan fingerprint density at radius 2 is 2.08 bits per heavy atom. The van der Waals surface area contributed by atoms with Crippen molar-refractivity contribution >= 4 is 22.7 Å². The fraction of sp³-hybridized carbons (Fsp3) is 0.412. The van der Waals surface area contributed by atoms with Gasteiger partial charge in [0.2, 0.25) is 0 Å². The van der Waals surface area contributed by atoms with Crippen molar-refractivity contribution in [2.75, 3.05) is 36.4 Å². The molecule has 8 heteroatoms. The molecular weight excluding hydrogens is 316 g/mol. The monoisotopic (exact) mass is 338 g/mol. The van der Waals surface area contributed by atoms with Gasteiger partial charge in [0.25, 0.3) is 0 Å². The zero-order valence-electron chi connectivity index (χ0n) is 14.0. The predicted octanol–water partition coefficient (Wildman–Crippen LogP) is 1.42. The molecule has 4 heterocycles. The van der Waals surface area contributed by atoms with Crippen LogP contribution in [0.15, 0.2) is 37.2 Å². The number of piperidine rings is 1. The quantitative estimate of drug-likeness (QED) is 0.585. The predicted molar refractivity (Wildman–Crippen MR) is 97.6 cm³/mol. The number of rotatable bonds is 6. The average Bonchev–Trinajstić information content (AvgIpc) is 3.15. The van der Waals surface area contributed by atoms with Crippen LogP contribution in [0.3, 0.4) is 0 Å². The minimum Gasteiger partial charge on any atom is -0.383 e. The molecule has 130 valence electrons. The molecule has 0 saturated carbocycles. The Hall–Kier alpha value is -2.74. The van der Waals surface area contributed by atoms with Crippen LogP contribution in [0.1, 0.15) is 12.8 Å². The van der Waals surface area contributed by atoms with Gasteiger partial charge in [0.1, 0.15) is 11.8 Å². The van der Waals surface area contributed by atoms with E-state index in [1.165, 1.54) is 0 Å². The number of fused-ring (bicyclic) bond motifs is 1. The van der Waals surface area contributed by atoms with Crippen LogP contribution in [-0.4, -0.2) is 57.1 Å². The Labute approximate surface area is 146 Å². The molecule has 0 unspecified atom stereocenters. The number of hydrogen-bond donors (Lipinski definition) is 3. The second kappa shape index (κ2) is 7.43. The summed E-state index contributed by atoms with van der Waals surface area (Å²) in [5.41, 5.74) is 2.72. The summed E-state index contributed by atoms with van der Waals surface area (Å²) in [7, 11) is 0. The number of anilines is 2. The summed E-state index contributed by atoms with van der Waals surface area (Å²) in [6.45, 7) is 3.81. The summed E-state index contributed by atoms with van der Waals surface area (Å²) in [5, 5.41) is 7.01. The highest BCUT2D eigenvalue weighted by Gasteiger charge is 2.21. The summed E-state index contributed by atoms with van der Waals surface area (Å²) >= 11 is 0. The van der Waals surface area contributed by atoms with Crippen LogP contribution in [0.2, 0.25) is 0 Å². The summed E-state index contributed by atoms with van der Waals surface area (Å²) in [6, 6.07) is 4.52. The average molecular weight is 338 g/mol. The van der Waals surface area contributed by atoms with Gasteiger partial charge in [0, 0.05) is 44.6 Å². The normalized spacial score (nSPS) is 15.6. The zero-order valence-corrected chi connectivity index (χ0v) is 14.0. The van der Waals surface area contributed by atoms with Crippen molar-refractivity contribution in [1.29, 1.82) is 0 Å². The molecule has 0 aliphatic carbocycles. The summed E-state index contributed by atoms with van der Waals surface area (Å²) in [4.78, 5) is 22.4. The standard InChI is InChI=1S/C17H22N8/c1-2-14(10-18-5-1)20-7-6-19-13-3-8-25(9-4-13)17-15-16(22-11-21-15)23-12-24-17/h1-2,5,10-13,19-20H,3-4,6-9H2,(H,21,22,23,24). The van der Waals surface area contributed by atoms with Gasteiger partial charge in [-0.25, -0.2) is 15.0 Å². The van der Waals surface area contributed by atoms with Gasteiger partial charge < -0.3 is 20.5 Å². The first-order valence-corrected chi connectivity index (χ1v) is 8.66. The number of nitrogens with zero attached hydrogens (tertiary/aromatic N) is 5. The largest absolute Gasteiger partial charge is 0.383 e. The molecule has 1 fully saturated rings. The van der Waals surface area contributed by atoms with Gasteiger partial charge in [-0.05, 0) is 25.0 Å². The van der Waals surface area contributed by atoms with Gasteiger partial charge in [0.15, 0.2) is 11.5 Å². The zero-order chi connectivity index (χ0) is 16.9. The van der Waals surface area contributed by atoms with E-state index in [0.29, 0.717) is 6.04 Å². The van der Waals surface area contributed by atoms with E-state index in [9.17, 15) is 0 Å². The lowest BCUT2D eigenvalue weighted by atomic mass is 10.1. The van der Waals surface area contributed by atoms with Crippen molar-refractivity contribution < 1.29 is 0 Å². The molecular formula is C17H22N8. The molecule has 1 aliphatic heterocycles. The maximum absolute atomic E-state index is 4.44. The smallest absolute Gasteiger partial charge is 0.182 e. The van der Waals surface area contributed by atoms with Gasteiger partial charge in [-0.2, -0.15) is 0 Å².